The molecular weight excluding hydrogens is 270 g/mol. The largest absolute Gasteiger partial charge is 0.357 e. The molecule has 1 aromatic carbocycles. The molecule has 0 heterocycles. The number of halogens is 1. The van der Waals surface area contributed by atoms with Gasteiger partial charge in [-0.2, -0.15) is 0 Å². The molecule has 1 N–H and O–H groups in total. The van der Waals surface area contributed by atoms with Gasteiger partial charge in [0.1, 0.15) is 10.7 Å². The Bertz CT molecular complexity index is 479. The third kappa shape index (κ3) is 3.82. The van der Waals surface area contributed by atoms with Crippen molar-refractivity contribution in [1.82, 2.24) is 5.32 Å². The van der Waals surface area contributed by atoms with Gasteiger partial charge in [-0.15, -0.1) is 0 Å². The third-order valence-electron chi connectivity index (χ3n) is 2.58. The molecule has 0 bridgehead atoms. The lowest BCUT2D eigenvalue weighted by Gasteiger charge is -2.22. The average Bonchev–Trinajstić information content (AvgIpc) is 2.35. The number of rotatable bonds is 6. The van der Waals surface area contributed by atoms with Crippen LogP contribution in [0, 0.1) is 10.1 Å². The Morgan fingerprint density at radius 3 is 2.68 bits per heavy atom. The molecular formula is C12H16ClN3O3. The second-order valence-corrected chi connectivity index (χ2v) is 4.24. The van der Waals surface area contributed by atoms with Crippen molar-refractivity contribution in [2.24, 2.45) is 0 Å². The Labute approximate surface area is 116 Å². The molecule has 0 saturated heterocycles. The van der Waals surface area contributed by atoms with Crippen LogP contribution in [0.1, 0.15) is 13.8 Å². The van der Waals surface area contributed by atoms with Gasteiger partial charge in [0.25, 0.3) is 0 Å². The molecule has 7 heteroatoms. The lowest BCUT2D eigenvalue weighted by molar-refractivity contribution is -0.384. The Balaban J connectivity index is 3.08. The van der Waals surface area contributed by atoms with Gasteiger partial charge in [-0.3, -0.25) is 14.9 Å². The van der Waals surface area contributed by atoms with Crippen LogP contribution in [0.25, 0.3) is 0 Å². The van der Waals surface area contributed by atoms with E-state index in [1.807, 2.05) is 13.8 Å². The second-order valence-electron chi connectivity index (χ2n) is 3.83. The van der Waals surface area contributed by atoms with E-state index in [4.69, 9.17) is 11.6 Å². The molecule has 1 aromatic rings. The maximum absolute atomic E-state index is 11.6. The van der Waals surface area contributed by atoms with Gasteiger partial charge in [0.15, 0.2) is 0 Å². The number of carbonyl (C=O) groups excluding carboxylic acids is 1. The van der Waals surface area contributed by atoms with E-state index in [2.05, 4.69) is 5.32 Å². The lowest BCUT2D eigenvalue weighted by Crippen LogP contribution is -2.37. The summed E-state index contributed by atoms with van der Waals surface area (Å²) in [6.07, 6.45) is 0. The van der Waals surface area contributed by atoms with Crippen molar-refractivity contribution in [2.45, 2.75) is 13.8 Å². The zero-order valence-electron chi connectivity index (χ0n) is 10.9. The number of para-hydroxylation sites is 1. The first-order valence-corrected chi connectivity index (χ1v) is 6.33. The van der Waals surface area contributed by atoms with Gasteiger partial charge in [-0.1, -0.05) is 17.7 Å². The summed E-state index contributed by atoms with van der Waals surface area (Å²) in [7, 11) is 0. The fraction of sp³-hybridized carbons (Fsp3) is 0.417. The molecule has 0 aromatic heterocycles. The van der Waals surface area contributed by atoms with Crippen LogP contribution in [-0.4, -0.2) is 30.5 Å². The molecule has 19 heavy (non-hydrogen) atoms. The molecule has 0 radical (unpaired) electrons. The van der Waals surface area contributed by atoms with Crippen LogP contribution in [0.3, 0.4) is 0 Å². The number of anilines is 1. The molecule has 0 aliphatic carbocycles. The number of benzene rings is 1. The van der Waals surface area contributed by atoms with Gasteiger partial charge < -0.3 is 10.2 Å². The molecule has 0 saturated carbocycles. The van der Waals surface area contributed by atoms with E-state index < -0.39 is 4.92 Å². The summed E-state index contributed by atoms with van der Waals surface area (Å²) in [6, 6.07) is 4.68. The maximum atomic E-state index is 11.6. The number of amides is 1. The number of nitrogens with one attached hydrogen (secondary N) is 1. The summed E-state index contributed by atoms with van der Waals surface area (Å²) in [6.45, 7) is 4.69. The first-order valence-electron chi connectivity index (χ1n) is 5.95. The van der Waals surface area contributed by atoms with Crippen LogP contribution in [0.5, 0.6) is 0 Å². The highest BCUT2D eigenvalue weighted by Gasteiger charge is 2.23. The van der Waals surface area contributed by atoms with Crippen molar-refractivity contribution in [3.63, 3.8) is 0 Å². The van der Waals surface area contributed by atoms with Crippen molar-refractivity contribution >= 4 is 28.9 Å². The topological polar surface area (TPSA) is 75.5 Å². The third-order valence-corrected chi connectivity index (χ3v) is 2.88. The van der Waals surface area contributed by atoms with Gasteiger partial charge in [-0.05, 0) is 26.0 Å². The number of carbonyl (C=O) groups is 1. The minimum absolute atomic E-state index is 0.0610. The van der Waals surface area contributed by atoms with Crippen LogP contribution in [-0.2, 0) is 4.79 Å². The molecule has 0 aliphatic heterocycles. The fourth-order valence-electron chi connectivity index (χ4n) is 1.73. The van der Waals surface area contributed by atoms with Crippen molar-refractivity contribution in [1.29, 1.82) is 0 Å². The van der Waals surface area contributed by atoms with E-state index in [1.165, 1.54) is 6.07 Å². The van der Waals surface area contributed by atoms with Gasteiger partial charge in [0.05, 0.1) is 11.5 Å². The first-order chi connectivity index (χ1) is 9.01. The van der Waals surface area contributed by atoms with Crippen LogP contribution in [0.15, 0.2) is 18.2 Å². The zero-order valence-corrected chi connectivity index (χ0v) is 11.6. The molecule has 0 atom stereocenters. The van der Waals surface area contributed by atoms with Crippen molar-refractivity contribution in [3.05, 3.63) is 33.3 Å². The summed E-state index contributed by atoms with van der Waals surface area (Å²) in [5.74, 6) is -0.182. The van der Waals surface area contributed by atoms with Gasteiger partial charge in [0.2, 0.25) is 5.91 Å². The Morgan fingerprint density at radius 1 is 1.47 bits per heavy atom. The quantitative estimate of drug-likeness (QED) is 0.642. The number of nitro benzene ring substituents is 1. The zero-order chi connectivity index (χ0) is 14.4. The van der Waals surface area contributed by atoms with E-state index in [9.17, 15) is 14.9 Å². The number of nitrogens with zero attached hydrogens (tertiary/aromatic N) is 2. The van der Waals surface area contributed by atoms with Crippen molar-refractivity contribution < 1.29 is 9.72 Å². The lowest BCUT2D eigenvalue weighted by atomic mass is 10.2. The summed E-state index contributed by atoms with van der Waals surface area (Å²) < 4.78 is 0. The Morgan fingerprint density at radius 2 is 2.16 bits per heavy atom. The number of hydrogen-bond donors (Lipinski definition) is 1. The van der Waals surface area contributed by atoms with Crippen LogP contribution >= 0.6 is 11.6 Å². The standard InChI is InChI=1S/C12H16ClN3O3/c1-3-14-11(17)8-15(4-2)10-7-5-6-9(13)12(10)16(18)19/h5-7H,3-4,8H2,1-2H3,(H,14,17). The monoisotopic (exact) mass is 285 g/mol. The second kappa shape index (κ2) is 6.94. The van der Waals surface area contributed by atoms with Crippen molar-refractivity contribution in [2.75, 3.05) is 24.5 Å². The molecule has 0 fully saturated rings. The number of hydrogen-bond acceptors (Lipinski definition) is 4. The van der Waals surface area contributed by atoms with E-state index in [-0.39, 0.29) is 23.2 Å². The molecule has 104 valence electrons. The molecule has 1 amide bonds. The fourth-order valence-corrected chi connectivity index (χ4v) is 1.97. The molecule has 6 nitrogen and oxygen atoms in total. The average molecular weight is 286 g/mol. The summed E-state index contributed by atoms with van der Waals surface area (Å²) >= 11 is 5.85. The van der Waals surface area contributed by atoms with Gasteiger partial charge >= 0.3 is 5.69 Å². The molecule has 1 rings (SSSR count). The first kappa shape index (κ1) is 15.2. The minimum Gasteiger partial charge on any atom is -0.357 e. The van der Waals surface area contributed by atoms with Crippen LogP contribution in [0.4, 0.5) is 11.4 Å². The SMILES string of the molecule is CCNC(=O)CN(CC)c1cccc(Cl)c1[N+](=O)[O-]. The van der Waals surface area contributed by atoms with E-state index >= 15 is 0 Å². The smallest absolute Gasteiger partial charge is 0.310 e. The normalized spacial score (nSPS) is 10.1. The highest BCUT2D eigenvalue weighted by molar-refractivity contribution is 6.33. The Hall–Kier alpha value is -1.82. The molecule has 0 spiro atoms. The van der Waals surface area contributed by atoms with Crippen LogP contribution in [0.2, 0.25) is 5.02 Å². The molecule has 0 aliphatic rings. The van der Waals surface area contributed by atoms with Crippen molar-refractivity contribution in [3.8, 4) is 0 Å². The van der Waals surface area contributed by atoms with E-state index in [1.54, 1.807) is 17.0 Å². The number of likely N-dealkylation sites (N-methyl/N-ethyl adjacent to an activating group) is 2. The maximum Gasteiger partial charge on any atom is 0.310 e. The number of nitro groups is 1. The predicted molar refractivity (Wildman–Crippen MR) is 74.7 cm³/mol. The summed E-state index contributed by atoms with van der Waals surface area (Å²) in [4.78, 5) is 23.8. The van der Waals surface area contributed by atoms with Gasteiger partial charge in [0, 0.05) is 13.1 Å². The highest BCUT2D eigenvalue weighted by Crippen LogP contribution is 2.34. The van der Waals surface area contributed by atoms with E-state index in [0.29, 0.717) is 18.8 Å². The Kier molecular flexibility index (Phi) is 5.57. The summed E-state index contributed by atoms with van der Waals surface area (Å²) in [5.41, 5.74) is 0.182. The van der Waals surface area contributed by atoms with Crippen LogP contribution < -0.4 is 10.2 Å². The molecule has 0 unspecified atom stereocenters. The predicted octanol–water partition coefficient (Wildman–Crippen LogP) is 2.21. The van der Waals surface area contributed by atoms with E-state index in [0.717, 1.165) is 0 Å². The highest BCUT2D eigenvalue weighted by atomic mass is 35.5. The minimum atomic E-state index is -0.530. The van der Waals surface area contributed by atoms with Gasteiger partial charge in [-0.25, -0.2) is 0 Å². The summed E-state index contributed by atoms with van der Waals surface area (Å²) in [5, 5.41) is 13.8.